The van der Waals surface area contributed by atoms with Gasteiger partial charge in [-0.25, -0.2) is 4.98 Å². The van der Waals surface area contributed by atoms with Crippen LogP contribution in [0.5, 0.6) is 0 Å². The molecule has 1 amide bonds. The lowest BCUT2D eigenvalue weighted by atomic mass is 10.1. The molecule has 3 N–H and O–H groups in total. The molecule has 1 rings (SSSR count). The van der Waals surface area contributed by atoms with Crippen molar-refractivity contribution >= 4 is 24.0 Å². The van der Waals surface area contributed by atoms with Crippen molar-refractivity contribution in [2.24, 2.45) is 0 Å². The van der Waals surface area contributed by atoms with Crippen LogP contribution < -0.4 is 11.1 Å². The van der Waals surface area contributed by atoms with Crippen molar-refractivity contribution < 1.29 is 9.53 Å². The van der Waals surface area contributed by atoms with Crippen LogP contribution in [-0.4, -0.2) is 30.1 Å². The Bertz CT molecular complexity index is 365. The number of anilines is 1. The van der Waals surface area contributed by atoms with E-state index in [4.69, 9.17) is 10.5 Å². The van der Waals surface area contributed by atoms with E-state index in [0.717, 1.165) is 0 Å². The van der Waals surface area contributed by atoms with Crippen LogP contribution in [0.15, 0.2) is 18.3 Å². The average Bonchev–Trinajstić information content (AvgIpc) is 2.27. The van der Waals surface area contributed by atoms with Crippen molar-refractivity contribution in [1.29, 1.82) is 0 Å². The molecule has 1 aromatic rings. The number of ether oxygens (including phenoxy) is 1. The lowest BCUT2D eigenvalue weighted by molar-refractivity contribution is 0.0228. The first-order valence-electron chi connectivity index (χ1n) is 4.99. The van der Waals surface area contributed by atoms with Crippen molar-refractivity contribution in [2.45, 2.75) is 19.4 Å². The molecule has 0 aliphatic rings. The van der Waals surface area contributed by atoms with E-state index in [1.165, 1.54) is 6.20 Å². The molecule has 5 nitrogen and oxygen atoms in total. The zero-order valence-corrected chi connectivity index (χ0v) is 11.0. The summed E-state index contributed by atoms with van der Waals surface area (Å²) in [5.41, 5.74) is 5.98. The average molecular weight is 260 g/mol. The Kier molecular flexibility index (Phi) is 5.91. The molecule has 0 saturated heterocycles. The second kappa shape index (κ2) is 6.42. The van der Waals surface area contributed by atoms with E-state index in [-0.39, 0.29) is 23.9 Å². The van der Waals surface area contributed by atoms with Gasteiger partial charge < -0.3 is 15.8 Å². The van der Waals surface area contributed by atoms with Crippen LogP contribution in [0.25, 0.3) is 0 Å². The standard InChI is InChI=1S/C11H17N3O2.ClH/c1-11(2,16-3)7-14-10(15)9-5-4-8(12)6-13-9;/h4-6H,7,12H2,1-3H3,(H,14,15);1H. The second-order valence-electron chi connectivity index (χ2n) is 4.12. The smallest absolute Gasteiger partial charge is 0.269 e. The van der Waals surface area contributed by atoms with E-state index in [2.05, 4.69) is 10.3 Å². The van der Waals surface area contributed by atoms with Gasteiger partial charge in [-0.15, -0.1) is 12.4 Å². The van der Waals surface area contributed by atoms with Crippen LogP contribution in [0.4, 0.5) is 5.69 Å². The number of amides is 1. The highest BCUT2D eigenvalue weighted by Gasteiger charge is 2.18. The predicted molar refractivity (Wildman–Crippen MR) is 69.3 cm³/mol. The topological polar surface area (TPSA) is 77.2 Å². The number of carbonyl (C=O) groups is 1. The zero-order chi connectivity index (χ0) is 12.2. The molecule has 96 valence electrons. The molecule has 0 spiro atoms. The molecule has 1 aromatic heterocycles. The fourth-order valence-corrected chi connectivity index (χ4v) is 0.995. The van der Waals surface area contributed by atoms with Gasteiger partial charge in [-0.2, -0.15) is 0 Å². The molecule has 0 atom stereocenters. The van der Waals surface area contributed by atoms with Gasteiger partial charge in [0, 0.05) is 13.7 Å². The number of rotatable bonds is 4. The van der Waals surface area contributed by atoms with Crippen molar-refractivity contribution in [2.75, 3.05) is 19.4 Å². The van der Waals surface area contributed by atoms with Crippen molar-refractivity contribution in [3.63, 3.8) is 0 Å². The summed E-state index contributed by atoms with van der Waals surface area (Å²) in [7, 11) is 1.60. The summed E-state index contributed by atoms with van der Waals surface area (Å²) in [4.78, 5) is 15.6. The second-order valence-corrected chi connectivity index (χ2v) is 4.12. The van der Waals surface area contributed by atoms with E-state index in [9.17, 15) is 4.79 Å². The van der Waals surface area contributed by atoms with Crippen LogP contribution in [0.2, 0.25) is 0 Å². The number of nitrogens with two attached hydrogens (primary N) is 1. The maximum atomic E-state index is 11.6. The number of hydrogen-bond donors (Lipinski definition) is 2. The third-order valence-electron chi connectivity index (χ3n) is 2.25. The molecule has 1 heterocycles. The summed E-state index contributed by atoms with van der Waals surface area (Å²) in [6, 6.07) is 3.23. The van der Waals surface area contributed by atoms with Gasteiger partial charge in [0.2, 0.25) is 0 Å². The first-order chi connectivity index (χ1) is 7.44. The third kappa shape index (κ3) is 5.01. The summed E-state index contributed by atoms with van der Waals surface area (Å²) >= 11 is 0. The van der Waals surface area contributed by atoms with Crippen molar-refractivity contribution in [3.8, 4) is 0 Å². The number of nitrogens with zero attached hydrogens (tertiary/aromatic N) is 1. The van der Waals surface area contributed by atoms with E-state index >= 15 is 0 Å². The largest absolute Gasteiger partial charge is 0.397 e. The van der Waals surface area contributed by atoms with Gasteiger partial charge in [0.1, 0.15) is 5.69 Å². The SMILES string of the molecule is COC(C)(C)CNC(=O)c1ccc(N)cn1.Cl. The predicted octanol–water partition coefficient (Wildman–Crippen LogP) is 1.24. The number of nitrogens with one attached hydrogen (secondary N) is 1. The molecular weight excluding hydrogens is 242 g/mol. The Morgan fingerprint density at radius 1 is 1.53 bits per heavy atom. The molecule has 0 aliphatic heterocycles. The van der Waals surface area contributed by atoms with Crippen LogP contribution in [0, 0.1) is 0 Å². The van der Waals surface area contributed by atoms with Gasteiger partial charge in [-0.1, -0.05) is 0 Å². The summed E-state index contributed by atoms with van der Waals surface area (Å²) in [6.45, 7) is 4.21. The third-order valence-corrected chi connectivity index (χ3v) is 2.25. The Morgan fingerprint density at radius 3 is 2.65 bits per heavy atom. The Hall–Kier alpha value is -1.33. The maximum absolute atomic E-state index is 11.6. The van der Waals surface area contributed by atoms with Gasteiger partial charge in [0.15, 0.2) is 0 Å². The van der Waals surface area contributed by atoms with Gasteiger partial charge >= 0.3 is 0 Å². The van der Waals surface area contributed by atoms with E-state index in [1.807, 2.05) is 13.8 Å². The van der Waals surface area contributed by atoms with E-state index in [1.54, 1.807) is 19.2 Å². The number of methoxy groups -OCH3 is 1. The highest BCUT2D eigenvalue weighted by Crippen LogP contribution is 2.06. The van der Waals surface area contributed by atoms with Gasteiger partial charge in [-0.3, -0.25) is 4.79 Å². The fraction of sp³-hybridized carbons (Fsp3) is 0.455. The first-order valence-corrected chi connectivity index (χ1v) is 4.99. The molecule has 0 saturated carbocycles. The molecule has 0 bridgehead atoms. The van der Waals surface area contributed by atoms with Crippen LogP contribution in [-0.2, 0) is 4.74 Å². The molecule has 0 aliphatic carbocycles. The number of nitrogen functional groups attached to an aromatic ring is 1. The minimum absolute atomic E-state index is 0. The van der Waals surface area contributed by atoms with Gasteiger partial charge in [-0.05, 0) is 26.0 Å². The quantitative estimate of drug-likeness (QED) is 0.853. The fourth-order valence-electron chi connectivity index (χ4n) is 0.995. The van der Waals surface area contributed by atoms with E-state index < -0.39 is 0 Å². The highest BCUT2D eigenvalue weighted by molar-refractivity contribution is 5.92. The van der Waals surface area contributed by atoms with Crippen LogP contribution >= 0.6 is 12.4 Å². The first kappa shape index (κ1) is 15.7. The zero-order valence-electron chi connectivity index (χ0n) is 10.2. The summed E-state index contributed by atoms with van der Waals surface area (Å²) < 4.78 is 5.19. The van der Waals surface area contributed by atoms with Gasteiger partial charge in [0.05, 0.1) is 17.5 Å². The number of carbonyl (C=O) groups excluding carboxylic acids is 1. The number of aromatic nitrogens is 1. The maximum Gasteiger partial charge on any atom is 0.269 e. The molecule has 0 fully saturated rings. The molecular formula is C11H18ClN3O2. The number of pyridine rings is 1. The Labute approximate surface area is 107 Å². The highest BCUT2D eigenvalue weighted by atomic mass is 35.5. The normalized spacial score (nSPS) is 10.5. The Morgan fingerprint density at radius 2 is 2.18 bits per heavy atom. The molecule has 6 heteroatoms. The van der Waals surface area contributed by atoms with Crippen LogP contribution in [0.3, 0.4) is 0 Å². The number of halogens is 1. The summed E-state index contributed by atoms with van der Waals surface area (Å²) in [6.07, 6.45) is 1.45. The van der Waals surface area contributed by atoms with Crippen molar-refractivity contribution in [3.05, 3.63) is 24.0 Å². The lowest BCUT2D eigenvalue weighted by Gasteiger charge is -2.22. The monoisotopic (exact) mass is 259 g/mol. The summed E-state index contributed by atoms with van der Waals surface area (Å²) in [5.74, 6) is -0.231. The molecule has 0 radical (unpaired) electrons. The molecule has 17 heavy (non-hydrogen) atoms. The minimum atomic E-state index is -0.385. The van der Waals surface area contributed by atoms with Crippen molar-refractivity contribution in [1.82, 2.24) is 10.3 Å². The van der Waals surface area contributed by atoms with Gasteiger partial charge in [0.25, 0.3) is 5.91 Å². The van der Waals surface area contributed by atoms with E-state index in [0.29, 0.717) is 17.9 Å². The number of hydrogen-bond acceptors (Lipinski definition) is 4. The van der Waals surface area contributed by atoms with Crippen LogP contribution in [0.1, 0.15) is 24.3 Å². The molecule has 0 aromatic carbocycles. The minimum Gasteiger partial charge on any atom is -0.397 e. The summed E-state index contributed by atoms with van der Waals surface area (Å²) in [5, 5.41) is 2.74. The molecule has 0 unspecified atom stereocenters. The lowest BCUT2D eigenvalue weighted by Crippen LogP contribution is -2.39. The Balaban J connectivity index is 0.00000256.